The number of alkyl halides is 3. The van der Waals surface area contributed by atoms with Crippen LogP contribution in [0.4, 0.5) is 13.2 Å². The van der Waals surface area contributed by atoms with Crippen LogP contribution in [0.25, 0.3) is 0 Å². The standard InChI is InChI=1S/C29H38F3N3O4/c1-18-19(2)27(39-17-25(36)14-33-11-12-38-4)10-9-26(18)20(3)34-15-24-13-23(34)16-35(24)28(37)21-5-7-22(8-6-21)29(30,31)32/h5-10,20,23-25,33,36H,11-17H2,1-4H3/t20-,23-,24-,25-/m0/s1. The molecule has 1 amide bonds. The Morgan fingerprint density at radius 2 is 1.82 bits per heavy atom. The van der Waals surface area contributed by atoms with Gasteiger partial charge >= 0.3 is 6.18 Å². The van der Waals surface area contributed by atoms with Gasteiger partial charge in [0.1, 0.15) is 18.5 Å². The molecule has 0 unspecified atom stereocenters. The molecule has 2 N–H and O–H groups in total. The normalized spacial score (nSPS) is 20.9. The Morgan fingerprint density at radius 3 is 2.44 bits per heavy atom. The first-order chi connectivity index (χ1) is 18.5. The molecule has 10 heteroatoms. The number of nitrogens with one attached hydrogen (secondary N) is 1. The van der Waals surface area contributed by atoms with E-state index in [1.165, 1.54) is 17.7 Å². The van der Waals surface area contributed by atoms with E-state index in [1.54, 1.807) is 12.0 Å². The van der Waals surface area contributed by atoms with E-state index >= 15 is 0 Å². The smallest absolute Gasteiger partial charge is 0.416 e. The summed E-state index contributed by atoms with van der Waals surface area (Å²) in [5, 5.41) is 13.3. The van der Waals surface area contributed by atoms with Crippen molar-refractivity contribution in [2.45, 2.75) is 57.6 Å². The summed E-state index contributed by atoms with van der Waals surface area (Å²) in [5.74, 6) is 0.531. The SMILES string of the molecule is COCCNC[C@H](O)COc1ccc([C@H](C)N2C[C@@H]3C[C@H]2CN3C(=O)c2ccc(C(F)(F)F)cc2)c(C)c1C. The molecule has 7 nitrogen and oxygen atoms in total. The molecule has 2 aliphatic rings. The number of halogens is 3. The third-order valence-corrected chi connectivity index (χ3v) is 8.02. The number of likely N-dealkylation sites (tertiary alicyclic amines) is 2. The molecule has 2 bridgehead atoms. The number of benzene rings is 2. The zero-order chi connectivity index (χ0) is 28.3. The molecule has 0 radical (unpaired) electrons. The van der Waals surface area contributed by atoms with Gasteiger partial charge in [0.05, 0.1) is 12.2 Å². The van der Waals surface area contributed by atoms with E-state index < -0.39 is 17.8 Å². The van der Waals surface area contributed by atoms with Gasteiger partial charge in [0.15, 0.2) is 0 Å². The van der Waals surface area contributed by atoms with Gasteiger partial charge < -0.3 is 24.8 Å². The van der Waals surface area contributed by atoms with Crippen molar-refractivity contribution in [3.8, 4) is 5.75 Å². The number of amides is 1. The van der Waals surface area contributed by atoms with Gasteiger partial charge in [-0.25, -0.2) is 0 Å². The largest absolute Gasteiger partial charge is 0.491 e. The number of carbonyl (C=O) groups is 1. The van der Waals surface area contributed by atoms with Crippen LogP contribution < -0.4 is 10.1 Å². The van der Waals surface area contributed by atoms with E-state index in [2.05, 4.69) is 30.1 Å². The average Bonchev–Trinajstić information content (AvgIpc) is 3.52. The number of aliphatic hydroxyl groups excluding tert-OH is 1. The monoisotopic (exact) mass is 549 g/mol. The fraction of sp³-hybridized carbons (Fsp3) is 0.552. The topological polar surface area (TPSA) is 74.3 Å². The summed E-state index contributed by atoms with van der Waals surface area (Å²) < 4.78 is 49.6. The predicted molar refractivity (Wildman–Crippen MR) is 142 cm³/mol. The molecule has 0 aromatic heterocycles. The van der Waals surface area contributed by atoms with Crippen molar-refractivity contribution in [1.29, 1.82) is 0 Å². The first kappa shape index (κ1) is 29.3. The number of methoxy groups -OCH3 is 1. The van der Waals surface area contributed by atoms with E-state index in [9.17, 15) is 23.1 Å². The highest BCUT2D eigenvalue weighted by Crippen LogP contribution is 2.40. The van der Waals surface area contributed by atoms with Crippen molar-refractivity contribution in [1.82, 2.24) is 15.1 Å². The van der Waals surface area contributed by atoms with Crippen LogP contribution in [0.2, 0.25) is 0 Å². The van der Waals surface area contributed by atoms with Crippen molar-refractivity contribution in [3.63, 3.8) is 0 Å². The Kier molecular flexibility index (Phi) is 9.21. The number of rotatable bonds is 11. The third kappa shape index (κ3) is 6.57. The molecule has 214 valence electrons. The van der Waals surface area contributed by atoms with E-state index in [0.29, 0.717) is 26.2 Å². The molecule has 4 rings (SSSR count). The average molecular weight is 550 g/mol. The van der Waals surface area contributed by atoms with Crippen LogP contribution in [0.15, 0.2) is 36.4 Å². The summed E-state index contributed by atoms with van der Waals surface area (Å²) in [5.41, 5.74) is 2.88. The molecular formula is C29H38F3N3O4. The third-order valence-electron chi connectivity index (χ3n) is 8.02. The van der Waals surface area contributed by atoms with Gasteiger partial charge in [-0.3, -0.25) is 9.69 Å². The second-order valence-electron chi connectivity index (χ2n) is 10.5. The van der Waals surface area contributed by atoms with Crippen molar-refractivity contribution in [2.24, 2.45) is 0 Å². The number of piperazine rings is 1. The fourth-order valence-corrected chi connectivity index (χ4v) is 5.68. The van der Waals surface area contributed by atoms with Gasteiger partial charge in [-0.05, 0) is 74.2 Å². The minimum Gasteiger partial charge on any atom is -0.491 e. The maximum absolute atomic E-state index is 13.1. The Bertz CT molecular complexity index is 1140. The highest BCUT2D eigenvalue weighted by molar-refractivity contribution is 5.94. The number of aliphatic hydroxyl groups is 1. The zero-order valence-electron chi connectivity index (χ0n) is 22.9. The molecule has 2 saturated heterocycles. The highest BCUT2D eigenvalue weighted by Gasteiger charge is 2.47. The van der Waals surface area contributed by atoms with Gasteiger partial charge in [0, 0.05) is 57.0 Å². The molecule has 39 heavy (non-hydrogen) atoms. The van der Waals surface area contributed by atoms with Crippen LogP contribution in [0.1, 0.15) is 52.0 Å². The summed E-state index contributed by atoms with van der Waals surface area (Å²) >= 11 is 0. The van der Waals surface area contributed by atoms with Crippen LogP contribution in [0, 0.1) is 13.8 Å². The number of fused-ring (bicyclic) bond motifs is 2. The maximum atomic E-state index is 13.1. The first-order valence-electron chi connectivity index (χ1n) is 13.4. The van der Waals surface area contributed by atoms with Crippen molar-refractivity contribution in [3.05, 3.63) is 64.2 Å². The second kappa shape index (κ2) is 12.2. The molecule has 4 atom stereocenters. The van der Waals surface area contributed by atoms with Crippen LogP contribution in [0.3, 0.4) is 0 Å². The van der Waals surface area contributed by atoms with Gasteiger partial charge in [0.2, 0.25) is 0 Å². The second-order valence-corrected chi connectivity index (χ2v) is 10.5. The van der Waals surface area contributed by atoms with Crippen LogP contribution in [-0.4, -0.2) is 85.5 Å². The quantitative estimate of drug-likeness (QED) is 0.414. The van der Waals surface area contributed by atoms with Crippen LogP contribution in [-0.2, 0) is 10.9 Å². The summed E-state index contributed by atoms with van der Waals surface area (Å²) in [6, 6.07) is 8.86. The predicted octanol–water partition coefficient (Wildman–Crippen LogP) is 3.96. The molecule has 2 fully saturated rings. The first-order valence-corrected chi connectivity index (χ1v) is 13.4. The van der Waals surface area contributed by atoms with E-state index in [-0.39, 0.29) is 36.2 Å². The Morgan fingerprint density at radius 1 is 1.10 bits per heavy atom. The Hall–Kier alpha value is -2.66. The van der Waals surface area contributed by atoms with Gasteiger partial charge in [-0.1, -0.05) is 6.07 Å². The minimum atomic E-state index is -4.42. The summed E-state index contributed by atoms with van der Waals surface area (Å²) in [7, 11) is 1.63. The summed E-state index contributed by atoms with van der Waals surface area (Å²) in [6.45, 7) is 9.40. The van der Waals surface area contributed by atoms with Crippen molar-refractivity contribution < 1.29 is 32.5 Å². The molecule has 2 aromatic rings. The summed E-state index contributed by atoms with van der Waals surface area (Å²) in [6.07, 6.45) is -4.20. The number of nitrogens with zero attached hydrogens (tertiary/aromatic N) is 2. The lowest BCUT2D eigenvalue weighted by Crippen LogP contribution is -2.49. The van der Waals surface area contributed by atoms with Gasteiger partial charge in [-0.15, -0.1) is 0 Å². The Balaban J connectivity index is 1.34. The lowest BCUT2D eigenvalue weighted by atomic mass is 9.96. The van der Waals surface area contributed by atoms with Crippen LogP contribution in [0.5, 0.6) is 5.75 Å². The van der Waals surface area contributed by atoms with Crippen molar-refractivity contribution in [2.75, 3.05) is 46.5 Å². The molecule has 2 aliphatic heterocycles. The van der Waals surface area contributed by atoms with E-state index in [4.69, 9.17) is 9.47 Å². The van der Waals surface area contributed by atoms with E-state index in [1.807, 2.05) is 13.0 Å². The fourth-order valence-electron chi connectivity index (χ4n) is 5.68. The molecule has 2 heterocycles. The number of hydrogen-bond donors (Lipinski definition) is 2. The summed E-state index contributed by atoms with van der Waals surface area (Å²) in [4.78, 5) is 17.3. The van der Waals surface area contributed by atoms with Gasteiger partial charge in [0.25, 0.3) is 5.91 Å². The molecule has 2 aromatic carbocycles. The van der Waals surface area contributed by atoms with E-state index in [0.717, 1.165) is 42.0 Å². The van der Waals surface area contributed by atoms with Crippen LogP contribution >= 0.6 is 0 Å². The minimum absolute atomic E-state index is 0.0373. The lowest BCUT2D eigenvalue weighted by Gasteiger charge is -2.38. The number of carbonyl (C=O) groups excluding carboxylic acids is 1. The molecule has 0 spiro atoms. The molecular weight excluding hydrogens is 511 g/mol. The lowest BCUT2D eigenvalue weighted by molar-refractivity contribution is -0.137. The van der Waals surface area contributed by atoms with Crippen molar-refractivity contribution >= 4 is 5.91 Å². The molecule has 0 aliphatic carbocycles. The van der Waals surface area contributed by atoms with Gasteiger partial charge in [-0.2, -0.15) is 13.2 Å². The number of hydrogen-bond acceptors (Lipinski definition) is 6. The number of ether oxygens (including phenoxy) is 2. The highest BCUT2D eigenvalue weighted by atomic mass is 19.4. The zero-order valence-corrected chi connectivity index (χ0v) is 22.9. The Labute approximate surface area is 227 Å². The molecule has 0 saturated carbocycles. The maximum Gasteiger partial charge on any atom is 0.416 e.